The molecule has 3 rings (SSSR count). The van der Waals surface area contributed by atoms with Gasteiger partial charge in [0.1, 0.15) is 0 Å². The van der Waals surface area contributed by atoms with Crippen LogP contribution in [-0.4, -0.2) is 25.3 Å². The molecule has 26 heavy (non-hydrogen) atoms. The van der Waals surface area contributed by atoms with Gasteiger partial charge in [-0.25, -0.2) is 10.2 Å². The van der Waals surface area contributed by atoms with Crippen LogP contribution in [0, 0.1) is 5.92 Å². The second kappa shape index (κ2) is 7.17. The van der Waals surface area contributed by atoms with Crippen molar-refractivity contribution in [3.63, 3.8) is 0 Å². The standard InChI is InChI=1S/C17H19ClN6O2/c1-10(2)9-24-13-14(23(3)17(26)21-15(13)25)20-16(24)22-19-8-11-6-4-5-7-12(11)18/h4-8,10H,9H2,1-3H3,(H,20,22)(H,21,25,26)/b19-8+. The van der Waals surface area contributed by atoms with Crippen LogP contribution in [0.3, 0.4) is 0 Å². The lowest BCUT2D eigenvalue weighted by molar-refractivity contribution is 0.535. The fraction of sp³-hybridized carbons (Fsp3) is 0.294. The highest BCUT2D eigenvalue weighted by Crippen LogP contribution is 2.18. The number of rotatable bonds is 5. The molecule has 0 amide bonds. The molecule has 0 bridgehead atoms. The third kappa shape index (κ3) is 3.41. The Balaban J connectivity index is 2.06. The van der Waals surface area contributed by atoms with E-state index in [1.54, 1.807) is 23.9 Å². The van der Waals surface area contributed by atoms with Crippen molar-refractivity contribution in [1.29, 1.82) is 0 Å². The van der Waals surface area contributed by atoms with Gasteiger partial charge in [-0.1, -0.05) is 43.6 Å². The van der Waals surface area contributed by atoms with Gasteiger partial charge in [0.15, 0.2) is 11.2 Å². The van der Waals surface area contributed by atoms with Crippen molar-refractivity contribution in [2.45, 2.75) is 20.4 Å². The normalized spacial score (nSPS) is 11.7. The van der Waals surface area contributed by atoms with Gasteiger partial charge in [0.25, 0.3) is 5.56 Å². The number of hydrogen-bond acceptors (Lipinski definition) is 5. The number of nitrogens with one attached hydrogen (secondary N) is 2. The number of halogens is 1. The minimum atomic E-state index is -0.511. The molecule has 0 spiro atoms. The molecule has 0 aliphatic heterocycles. The predicted molar refractivity (Wildman–Crippen MR) is 103 cm³/mol. The summed E-state index contributed by atoms with van der Waals surface area (Å²) in [6, 6.07) is 7.30. The van der Waals surface area contributed by atoms with Crippen molar-refractivity contribution < 1.29 is 0 Å². The molecule has 0 aliphatic carbocycles. The molecule has 0 unspecified atom stereocenters. The molecular formula is C17H19ClN6O2. The van der Waals surface area contributed by atoms with E-state index in [-0.39, 0.29) is 5.92 Å². The molecule has 3 aromatic rings. The summed E-state index contributed by atoms with van der Waals surface area (Å²) >= 11 is 6.11. The van der Waals surface area contributed by atoms with Gasteiger partial charge in [-0.3, -0.25) is 14.3 Å². The zero-order valence-electron chi connectivity index (χ0n) is 14.7. The summed E-state index contributed by atoms with van der Waals surface area (Å²) in [6.45, 7) is 4.60. The van der Waals surface area contributed by atoms with Gasteiger partial charge in [-0.15, -0.1) is 0 Å². The largest absolute Gasteiger partial charge is 0.329 e. The topological polar surface area (TPSA) is 97.1 Å². The fourth-order valence-corrected chi connectivity index (χ4v) is 2.79. The summed E-state index contributed by atoms with van der Waals surface area (Å²) in [7, 11) is 1.56. The molecule has 2 heterocycles. The van der Waals surface area contributed by atoms with Crippen molar-refractivity contribution in [1.82, 2.24) is 19.1 Å². The molecule has 1 aromatic carbocycles. The van der Waals surface area contributed by atoms with Crippen molar-refractivity contribution in [3.05, 3.63) is 55.7 Å². The summed E-state index contributed by atoms with van der Waals surface area (Å²) in [5.74, 6) is 0.640. The number of hydrazone groups is 1. The van der Waals surface area contributed by atoms with E-state index >= 15 is 0 Å². The summed E-state index contributed by atoms with van der Waals surface area (Å²) in [5, 5.41) is 4.75. The van der Waals surface area contributed by atoms with E-state index in [4.69, 9.17) is 11.6 Å². The Bertz CT molecular complexity index is 1090. The zero-order valence-corrected chi connectivity index (χ0v) is 15.4. The molecule has 2 aromatic heterocycles. The van der Waals surface area contributed by atoms with Crippen molar-refractivity contribution in [3.8, 4) is 0 Å². The van der Waals surface area contributed by atoms with Gasteiger partial charge in [-0.05, 0) is 12.0 Å². The van der Waals surface area contributed by atoms with Gasteiger partial charge >= 0.3 is 5.69 Å². The molecule has 8 nitrogen and oxygen atoms in total. The monoisotopic (exact) mass is 374 g/mol. The Morgan fingerprint density at radius 3 is 2.77 bits per heavy atom. The van der Waals surface area contributed by atoms with Gasteiger partial charge in [0, 0.05) is 24.2 Å². The molecule has 0 fully saturated rings. The van der Waals surface area contributed by atoms with Crippen LogP contribution < -0.4 is 16.7 Å². The number of fused-ring (bicyclic) bond motifs is 1. The van der Waals surface area contributed by atoms with Crippen LogP contribution in [0.2, 0.25) is 5.02 Å². The van der Waals surface area contributed by atoms with Crippen molar-refractivity contribution >= 4 is 34.9 Å². The summed E-state index contributed by atoms with van der Waals surface area (Å²) in [5.41, 5.74) is 3.25. The third-order valence-corrected chi connectivity index (χ3v) is 4.17. The molecule has 0 saturated heterocycles. The first-order chi connectivity index (χ1) is 12.4. The maximum absolute atomic E-state index is 12.3. The van der Waals surface area contributed by atoms with Gasteiger partial charge in [-0.2, -0.15) is 10.1 Å². The van der Waals surface area contributed by atoms with Crippen molar-refractivity contribution in [2.75, 3.05) is 5.43 Å². The third-order valence-electron chi connectivity index (χ3n) is 3.83. The number of aromatic amines is 1. The Morgan fingerprint density at radius 1 is 1.35 bits per heavy atom. The number of hydrogen-bond donors (Lipinski definition) is 2. The fourth-order valence-electron chi connectivity index (χ4n) is 2.60. The molecule has 136 valence electrons. The number of nitrogens with zero attached hydrogens (tertiary/aromatic N) is 4. The van der Waals surface area contributed by atoms with Crippen LogP contribution in [0.4, 0.5) is 5.95 Å². The van der Waals surface area contributed by atoms with Crippen LogP contribution in [-0.2, 0) is 13.6 Å². The quantitative estimate of drug-likeness (QED) is 0.528. The molecule has 0 radical (unpaired) electrons. The maximum atomic E-state index is 12.3. The van der Waals surface area contributed by atoms with E-state index in [1.165, 1.54) is 4.57 Å². The lowest BCUT2D eigenvalue weighted by Crippen LogP contribution is -2.29. The first-order valence-electron chi connectivity index (χ1n) is 8.11. The summed E-state index contributed by atoms with van der Waals surface area (Å²) in [4.78, 5) is 30.8. The first-order valence-corrected chi connectivity index (χ1v) is 8.49. The average molecular weight is 375 g/mol. The number of H-pyrrole nitrogens is 1. The number of benzene rings is 1. The van der Waals surface area contributed by atoms with E-state index in [9.17, 15) is 9.59 Å². The average Bonchev–Trinajstić information content (AvgIpc) is 2.93. The maximum Gasteiger partial charge on any atom is 0.329 e. The Hall–Kier alpha value is -2.87. The van der Waals surface area contributed by atoms with Crippen LogP contribution in [0.5, 0.6) is 0 Å². The molecule has 0 atom stereocenters. The minimum absolute atomic E-state index is 0.261. The van der Waals surface area contributed by atoms with E-state index in [1.807, 2.05) is 32.0 Å². The van der Waals surface area contributed by atoms with E-state index in [2.05, 4.69) is 20.5 Å². The lowest BCUT2D eigenvalue weighted by atomic mass is 10.2. The number of aryl methyl sites for hydroxylation is 1. The van der Waals surface area contributed by atoms with Crippen LogP contribution in [0.1, 0.15) is 19.4 Å². The lowest BCUT2D eigenvalue weighted by Gasteiger charge is -2.10. The van der Waals surface area contributed by atoms with Crippen LogP contribution >= 0.6 is 11.6 Å². The predicted octanol–water partition coefficient (Wildman–Crippen LogP) is 2.18. The van der Waals surface area contributed by atoms with E-state index in [0.29, 0.717) is 28.7 Å². The number of imidazole rings is 1. The molecular weight excluding hydrogens is 356 g/mol. The Kier molecular flexibility index (Phi) is 4.94. The molecule has 9 heteroatoms. The second-order valence-electron chi connectivity index (χ2n) is 6.32. The highest BCUT2D eigenvalue weighted by Gasteiger charge is 2.17. The molecule has 2 N–H and O–H groups in total. The van der Waals surface area contributed by atoms with Gasteiger partial charge < -0.3 is 4.57 Å². The number of anilines is 1. The molecule has 0 aliphatic rings. The summed E-state index contributed by atoms with van der Waals surface area (Å²) in [6.07, 6.45) is 1.57. The second-order valence-corrected chi connectivity index (χ2v) is 6.73. The highest BCUT2D eigenvalue weighted by atomic mass is 35.5. The minimum Gasteiger partial charge on any atom is -0.303 e. The van der Waals surface area contributed by atoms with Gasteiger partial charge in [0.05, 0.1) is 6.21 Å². The smallest absolute Gasteiger partial charge is 0.303 e. The zero-order chi connectivity index (χ0) is 18.8. The first kappa shape index (κ1) is 17.9. The van der Waals surface area contributed by atoms with Gasteiger partial charge in [0.2, 0.25) is 5.95 Å². The molecule has 0 saturated carbocycles. The summed E-state index contributed by atoms with van der Waals surface area (Å²) < 4.78 is 3.03. The number of aromatic nitrogens is 4. The SMILES string of the molecule is CC(C)Cn1c(N/N=C/c2ccccc2Cl)nc2c1c(=O)[nH]c(=O)n2C. The van der Waals surface area contributed by atoms with E-state index in [0.717, 1.165) is 5.56 Å². The van der Waals surface area contributed by atoms with Crippen molar-refractivity contribution in [2.24, 2.45) is 18.1 Å². The Morgan fingerprint density at radius 2 is 2.08 bits per heavy atom. The highest BCUT2D eigenvalue weighted by molar-refractivity contribution is 6.33. The Labute approximate surface area is 154 Å². The van der Waals surface area contributed by atoms with E-state index < -0.39 is 11.2 Å². The van der Waals surface area contributed by atoms with Crippen LogP contribution in [0.25, 0.3) is 11.2 Å². The van der Waals surface area contributed by atoms with Crippen LogP contribution in [0.15, 0.2) is 39.0 Å².